The highest BCUT2D eigenvalue weighted by Crippen LogP contribution is 2.28. The van der Waals surface area contributed by atoms with Gasteiger partial charge in [-0.25, -0.2) is 0 Å². The van der Waals surface area contributed by atoms with Crippen LogP contribution in [-0.4, -0.2) is 25.1 Å². The van der Waals surface area contributed by atoms with E-state index in [0.29, 0.717) is 15.8 Å². The van der Waals surface area contributed by atoms with Gasteiger partial charge in [-0.1, -0.05) is 47.5 Å². The predicted octanol–water partition coefficient (Wildman–Crippen LogP) is 3.79. The highest BCUT2D eigenvalue weighted by Gasteiger charge is 2.17. The van der Waals surface area contributed by atoms with E-state index >= 15 is 0 Å². The zero-order valence-corrected chi connectivity index (χ0v) is 15.9. The van der Waals surface area contributed by atoms with Crippen LogP contribution in [0.4, 0.5) is 0 Å². The van der Waals surface area contributed by atoms with Crippen molar-refractivity contribution in [3.8, 4) is 5.75 Å². The SMILES string of the molecule is COC(=O)Cc1ccccc1CNC(=O)[C@@H](C)Oc1ccc(Cl)cc1Cl. The van der Waals surface area contributed by atoms with Gasteiger partial charge >= 0.3 is 5.97 Å². The zero-order valence-electron chi connectivity index (χ0n) is 14.4. The van der Waals surface area contributed by atoms with Gasteiger partial charge in [-0.15, -0.1) is 0 Å². The van der Waals surface area contributed by atoms with Gasteiger partial charge in [0.1, 0.15) is 5.75 Å². The minimum Gasteiger partial charge on any atom is -0.479 e. The van der Waals surface area contributed by atoms with Crippen molar-refractivity contribution < 1.29 is 19.1 Å². The molecule has 26 heavy (non-hydrogen) atoms. The molecule has 0 saturated carbocycles. The maximum absolute atomic E-state index is 12.3. The quantitative estimate of drug-likeness (QED) is 0.724. The number of esters is 1. The van der Waals surface area contributed by atoms with Crippen LogP contribution in [0, 0.1) is 0 Å². The molecule has 0 aliphatic rings. The summed E-state index contributed by atoms with van der Waals surface area (Å²) in [6.07, 6.45) is -0.601. The van der Waals surface area contributed by atoms with Gasteiger partial charge in [-0.3, -0.25) is 9.59 Å². The lowest BCUT2D eigenvalue weighted by Crippen LogP contribution is -2.36. The number of benzene rings is 2. The largest absolute Gasteiger partial charge is 0.479 e. The van der Waals surface area contributed by atoms with Crippen molar-refractivity contribution >= 4 is 35.1 Å². The molecule has 0 heterocycles. The summed E-state index contributed by atoms with van der Waals surface area (Å²) in [6.45, 7) is 1.90. The number of ether oxygens (including phenoxy) is 2. The summed E-state index contributed by atoms with van der Waals surface area (Å²) in [5.74, 6) is -0.258. The standard InChI is InChI=1S/C19H19Cl2NO4/c1-12(26-17-8-7-15(20)10-16(17)21)19(24)22-11-14-6-4-3-5-13(14)9-18(23)25-2/h3-8,10,12H,9,11H2,1-2H3,(H,22,24)/t12-/m1/s1. The molecular formula is C19H19Cl2NO4. The first-order chi connectivity index (χ1) is 12.4. The van der Waals surface area contributed by atoms with E-state index in [9.17, 15) is 9.59 Å². The average Bonchev–Trinajstić information content (AvgIpc) is 2.62. The van der Waals surface area contributed by atoms with E-state index in [-0.39, 0.29) is 24.8 Å². The molecule has 138 valence electrons. The lowest BCUT2D eigenvalue weighted by Gasteiger charge is -2.16. The number of hydrogen-bond donors (Lipinski definition) is 1. The second-order valence-electron chi connectivity index (χ2n) is 5.57. The molecule has 2 aromatic rings. The fourth-order valence-electron chi connectivity index (χ4n) is 2.27. The van der Waals surface area contributed by atoms with Gasteiger partial charge in [0.15, 0.2) is 6.10 Å². The molecule has 0 aliphatic carbocycles. The van der Waals surface area contributed by atoms with Gasteiger partial charge in [0.2, 0.25) is 0 Å². The minimum absolute atomic E-state index is 0.148. The van der Waals surface area contributed by atoms with E-state index < -0.39 is 6.10 Å². The third-order valence-electron chi connectivity index (χ3n) is 3.70. The fraction of sp³-hybridized carbons (Fsp3) is 0.263. The van der Waals surface area contributed by atoms with Crippen LogP contribution in [0.1, 0.15) is 18.1 Å². The van der Waals surface area contributed by atoms with Crippen LogP contribution in [0.25, 0.3) is 0 Å². The number of amides is 1. The smallest absolute Gasteiger partial charge is 0.309 e. The van der Waals surface area contributed by atoms with Crippen LogP contribution in [0.5, 0.6) is 5.75 Å². The van der Waals surface area contributed by atoms with E-state index in [1.54, 1.807) is 25.1 Å². The lowest BCUT2D eigenvalue weighted by molar-refractivity contribution is -0.139. The second-order valence-corrected chi connectivity index (χ2v) is 6.42. The molecule has 2 aromatic carbocycles. The van der Waals surface area contributed by atoms with Crippen molar-refractivity contribution in [3.63, 3.8) is 0 Å². The van der Waals surface area contributed by atoms with Crippen molar-refractivity contribution in [3.05, 3.63) is 63.6 Å². The van der Waals surface area contributed by atoms with Gasteiger partial charge in [0.25, 0.3) is 5.91 Å². The Labute approximate surface area is 162 Å². The summed E-state index contributed by atoms with van der Waals surface area (Å²) in [7, 11) is 1.34. The number of nitrogens with one attached hydrogen (secondary N) is 1. The molecular weight excluding hydrogens is 377 g/mol. The minimum atomic E-state index is -0.749. The summed E-state index contributed by atoms with van der Waals surface area (Å²) >= 11 is 11.9. The van der Waals surface area contributed by atoms with Gasteiger partial charge in [-0.2, -0.15) is 0 Å². The van der Waals surface area contributed by atoms with E-state index in [2.05, 4.69) is 5.32 Å². The Bertz CT molecular complexity index is 795. The van der Waals surface area contributed by atoms with E-state index in [0.717, 1.165) is 11.1 Å². The lowest BCUT2D eigenvalue weighted by atomic mass is 10.0. The van der Waals surface area contributed by atoms with Crippen LogP contribution in [0.2, 0.25) is 10.0 Å². The molecule has 0 aromatic heterocycles. The summed E-state index contributed by atoms with van der Waals surface area (Å²) in [5, 5.41) is 3.62. The molecule has 0 fully saturated rings. The Hall–Kier alpha value is -2.24. The van der Waals surface area contributed by atoms with E-state index in [1.165, 1.54) is 7.11 Å². The third kappa shape index (κ3) is 5.64. The molecule has 0 spiro atoms. The predicted molar refractivity (Wildman–Crippen MR) is 101 cm³/mol. The second kappa shape index (κ2) is 9.46. The molecule has 0 bridgehead atoms. The first-order valence-corrected chi connectivity index (χ1v) is 8.69. The molecule has 5 nitrogen and oxygen atoms in total. The Morgan fingerprint density at radius 2 is 1.81 bits per heavy atom. The number of halogens is 2. The van der Waals surface area contributed by atoms with Crippen molar-refractivity contribution in [1.29, 1.82) is 0 Å². The van der Waals surface area contributed by atoms with E-state index in [4.69, 9.17) is 32.7 Å². The number of carbonyl (C=O) groups is 2. The Morgan fingerprint density at radius 3 is 2.46 bits per heavy atom. The van der Waals surface area contributed by atoms with Crippen molar-refractivity contribution in [2.75, 3.05) is 7.11 Å². The summed E-state index contributed by atoms with van der Waals surface area (Å²) in [4.78, 5) is 23.8. The summed E-state index contributed by atoms with van der Waals surface area (Å²) in [5.41, 5.74) is 1.64. The van der Waals surface area contributed by atoms with Crippen molar-refractivity contribution in [2.45, 2.75) is 26.0 Å². The van der Waals surface area contributed by atoms with Crippen LogP contribution in [0.15, 0.2) is 42.5 Å². The number of methoxy groups -OCH3 is 1. The molecule has 7 heteroatoms. The Balaban J connectivity index is 1.97. The highest BCUT2D eigenvalue weighted by atomic mass is 35.5. The zero-order chi connectivity index (χ0) is 19.1. The molecule has 1 amide bonds. The number of carbonyl (C=O) groups excluding carboxylic acids is 2. The monoisotopic (exact) mass is 395 g/mol. The maximum Gasteiger partial charge on any atom is 0.309 e. The first-order valence-electron chi connectivity index (χ1n) is 7.93. The Morgan fingerprint density at radius 1 is 1.12 bits per heavy atom. The first kappa shape index (κ1) is 20.1. The molecule has 0 radical (unpaired) electrons. The van der Waals surface area contributed by atoms with Gasteiger partial charge in [0, 0.05) is 11.6 Å². The molecule has 0 saturated heterocycles. The molecule has 0 unspecified atom stereocenters. The van der Waals surface area contributed by atoms with Crippen LogP contribution < -0.4 is 10.1 Å². The van der Waals surface area contributed by atoms with E-state index in [1.807, 2.05) is 24.3 Å². The van der Waals surface area contributed by atoms with Gasteiger partial charge in [0.05, 0.1) is 18.6 Å². The molecule has 1 N–H and O–H groups in total. The molecule has 2 rings (SSSR count). The van der Waals surface area contributed by atoms with Gasteiger partial charge in [-0.05, 0) is 36.2 Å². The highest BCUT2D eigenvalue weighted by molar-refractivity contribution is 6.35. The van der Waals surface area contributed by atoms with Crippen LogP contribution in [0.3, 0.4) is 0 Å². The van der Waals surface area contributed by atoms with Crippen molar-refractivity contribution in [2.24, 2.45) is 0 Å². The summed E-state index contributed by atoms with van der Waals surface area (Å²) in [6, 6.07) is 12.1. The van der Waals surface area contributed by atoms with Gasteiger partial charge < -0.3 is 14.8 Å². The topological polar surface area (TPSA) is 64.6 Å². The third-order valence-corrected chi connectivity index (χ3v) is 4.23. The molecule has 0 aliphatic heterocycles. The maximum atomic E-state index is 12.3. The van der Waals surface area contributed by atoms with Crippen LogP contribution >= 0.6 is 23.2 Å². The average molecular weight is 396 g/mol. The normalized spacial score (nSPS) is 11.5. The summed E-state index contributed by atoms with van der Waals surface area (Å²) < 4.78 is 10.3. The van der Waals surface area contributed by atoms with Crippen LogP contribution in [-0.2, 0) is 27.3 Å². The van der Waals surface area contributed by atoms with Crippen molar-refractivity contribution in [1.82, 2.24) is 5.32 Å². The fourth-order valence-corrected chi connectivity index (χ4v) is 2.72. The number of rotatable bonds is 7. The molecule has 1 atom stereocenters. The number of hydrogen-bond acceptors (Lipinski definition) is 4. The Kier molecular flexibility index (Phi) is 7.30.